The first-order chi connectivity index (χ1) is 10.6. The van der Waals surface area contributed by atoms with Crippen molar-refractivity contribution in [2.75, 3.05) is 27.2 Å². The van der Waals surface area contributed by atoms with Gasteiger partial charge in [0.25, 0.3) is 0 Å². The Labute approximate surface area is 138 Å². The highest BCUT2D eigenvalue weighted by atomic mass is 35.5. The van der Waals surface area contributed by atoms with E-state index in [2.05, 4.69) is 40.6 Å². The van der Waals surface area contributed by atoms with E-state index in [1.165, 1.54) is 12.8 Å². The zero-order valence-electron chi connectivity index (χ0n) is 13.8. The van der Waals surface area contributed by atoms with Crippen LogP contribution in [0.4, 0.5) is 0 Å². The van der Waals surface area contributed by atoms with Gasteiger partial charge < -0.3 is 10.6 Å². The SMILES string of the molecule is CN=C(NCCc1ccccc1Cl)NCC(C)N(C)C1CC1. The smallest absolute Gasteiger partial charge is 0.191 e. The first-order valence-corrected chi connectivity index (χ1v) is 8.39. The number of nitrogens with one attached hydrogen (secondary N) is 2. The van der Waals surface area contributed by atoms with Crippen LogP contribution in [0.1, 0.15) is 25.3 Å². The van der Waals surface area contributed by atoms with E-state index < -0.39 is 0 Å². The Morgan fingerprint density at radius 2 is 2.09 bits per heavy atom. The topological polar surface area (TPSA) is 39.7 Å². The number of hydrogen-bond acceptors (Lipinski definition) is 2. The number of halogens is 1. The number of hydrogen-bond donors (Lipinski definition) is 2. The zero-order chi connectivity index (χ0) is 15.9. The summed E-state index contributed by atoms with van der Waals surface area (Å²) >= 11 is 6.17. The Morgan fingerprint density at radius 1 is 1.36 bits per heavy atom. The third-order valence-corrected chi connectivity index (χ3v) is 4.62. The predicted molar refractivity (Wildman–Crippen MR) is 94.8 cm³/mol. The highest BCUT2D eigenvalue weighted by Crippen LogP contribution is 2.26. The normalized spacial score (nSPS) is 16.7. The number of guanidine groups is 1. The highest BCUT2D eigenvalue weighted by molar-refractivity contribution is 6.31. The van der Waals surface area contributed by atoms with Crippen LogP contribution in [0.5, 0.6) is 0 Å². The molecule has 1 aromatic carbocycles. The molecule has 122 valence electrons. The standard InChI is InChI=1S/C17H27ClN4/c1-13(22(3)15-8-9-15)12-21-17(19-2)20-11-10-14-6-4-5-7-16(14)18/h4-7,13,15H,8-12H2,1-3H3,(H2,19,20,21). The van der Waals surface area contributed by atoms with E-state index in [0.717, 1.165) is 42.1 Å². The van der Waals surface area contributed by atoms with Crippen molar-refractivity contribution in [3.05, 3.63) is 34.9 Å². The van der Waals surface area contributed by atoms with Crippen LogP contribution in [0, 0.1) is 0 Å². The molecule has 1 aliphatic rings. The first kappa shape index (κ1) is 17.1. The molecule has 0 saturated heterocycles. The van der Waals surface area contributed by atoms with Gasteiger partial charge in [0, 0.05) is 37.2 Å². The van der Waals surface area contributed by atoms with Gasteiger partial charge in [0.15, 0.2) is 5.96 Å². The van der Waals surface area contributed by atoms with Gasteiger partial charge in [-0.1, -0.05) is 29.8 Å². The molecule has 1 fully saturated rings. The van der Waals surface area contributed by atoms with Gasteiger partial charge >= 0.3 is 0 Å². The maximum Gasteiger partial charge on any atom is 0.191 e. The van der Waals surface area contributed by atoms with Gasteiger partial charge in [0.05, 0.1) is 0 Å². The zero-order valence-corrected chi connectivity index (χ0v) is 14.5. The molecule has 4 nitrogen and oxygen atoms in total. The fourth-order valence-corrected chi connectivity index (χ4v) is 2.70. The molecule has 1 atom stereocenters. The second kappa shape index (κ2) is 8.39. The Bertz CT molecular complexity index is 499. The molecule has 0 heterocycles. The summed E-state index contributed by atoms with van der Waals surface area (Å²) in [6, 6.07) is 9.26. The van der Waals surface area contributed by atoms with Crippen LogP contribution in [0.3, 0.4) is 0 Å². The van der Waals surface area contributed by atoms with Gasteiger partial charge in [-0.05, 0) is 44.9 Å². The maximum atomic E-state index is 6.17. The van der Waals surface area contributed by atoms with Crippen LogP contribution in [0.2, 0.25) is 5.02 Å². The molecule has 22 heavy (non-hydrogen) atoms. The predicted octanol–water partition coefficient (Wildman–Crippen LogP) is 2.53. The Kier molecular flexibility index (Phi) is 6.52. The van der Waals surface area contributed by atoms with Gasteiger partial charge in [-0.25, -0.2) is 0 Å². The molecule has 0 amide bonds. The third-order valence-electron chi connectivity index (χ3n) is 4.25. The summed E-state index contributed by atoms with van der Waals surface area (Å²) in [5.41, 5.74) is 1.16. The fraction of sp³-hybridized carbons (Fsp3) is 0.588. The van der Waals surface area contributed by atoms with Crippen LogP contribution in [0.15, 0.2) is 29.3 Å². The van der Waals surface area contributed by atoms with Crippen LogP contribution in [-0.4, -0.2) is 50.1 Å². The summed E-state index contributed by atoms with van der Waals surface area (Å²) in [5, 5.41) is 7.57. The van der Waals surface area contributed by atoms with Gasteiger partial charge in [-0.2, -0.15) is 0 Å². The number of nitrogens with zero attached hydrogens (tertiary/aromatic N) is 2. The van der Waals surface area contributed by atoms with Crippen molar-refractivity contribution in [1.82, 2.24) is 15.5 Å². The van der Waals surface area contributed by atoms with Crippen LogP contribution >= 0.6 is 11.6 Å². The Hall–Kier alpha value is -1.26. The van der Waals surface area contributed by atoms with Crippen LogP contribution in [-0.2, 0) is 6.42 Å². The molecule has 0 radical (unpaired) electrons. The largest absolute Gasteiger partial charge is 0.356 e. The van der Waals surface area contributed by atoms with Crippen molar-refractivity contribution in [2.45, 2.75) is 38.3 Å². The molecule has 1 saturated carbocycles. The summed E-state index contributed by atoms with van der Waals surface area (Å²) in [7, 11) is 4.01. The average Bonchev–Trinajstić information content (AvgIpc) is 3.36. The van der Waals surface area contributed by atoms with E-state index in [4.69, 9.17) is 11.6 Å². The van der Waals surface area contributed by atoms with E-state index in [-0.39, 0.29) is 0 Å². The van der Waals surface area contributed by atoms with Crippen LogP contribution in [0.25, 0.3) is 0 Å². The molecule has 2 rings (SSSR count). The fourth-order valence-electron chi connectivity index (χ4n) is 2.47. The molecule has 1 aromatic rings. The second-order valence-electron chi connectivity index (χ2n) is 5.97. The third kappa shape index (κ3) is 5.18. The minimum atomic E-state index is 0.509. The molecule has 1 aliphatic carbocycles. The van der Waals surface area contributed by atoms with Gasteiger partial charge in [0.2, 0.25) is 0 Å². The Morgan fingerprint density at radius 3 is 2.73 bits per heavy atom. The minimum absolute atomic E-state index is 0.509. The second-order valence-corrected chi connectivity index (χ2v) is 6.37. The van der Waals surface area contributed by atoms with E-state index in [0.29, 0.717) is 6.04 Å². The highest BCUT2D eigenvalue weighted by Gasteiger charge is 2.28. The minimum Gasteiger partial charge on any atom is -0.356 e. The number of aliphatic imine (C=N–C) groups is 1. The molecular weight excluding hydrogens is 296 g/mol. The van der Waals surface area contributed by atoms with E-state index in [1.807, 2.05) is 18.2 Å². The van der Waals surface area contributed by atoms with Crippen molar-refractivity contribution in [2.24, 2.45) is 4.99 Å². The number of likely N-dealkylation sites (N-methyl/N-ethyl adjacent to an activating group) is 1. The quantitative estimate of drug-likeness (QED) is 0.598. The summed E-state index contributed by atoms with van der Waals surface area (Å²) < 4.78 is 0. The van der Waals surface area contributed by atoms with Crippen molar-refractivity contribution >= 4 is 17.6 Å². The molecule has 2 N–H and O–H groups in total. The molecule has 0 bridgehead atoms. The lowest BCUT2D eigenvalue weighted by Crippen LogP contribution is -2.45. The van der Waals surface area contributed by atoms with Gasteiger partial charge in [-0.3, -0.25) is 9.89 Å². The van der Waals surface area contributed by atoms with E-state index >= 15 is 0 Å². The summed E-state index contributed by atoms with van der Waals surface area (Å²) in [4.78, 5) is 6.72. The summed E-state index contributed by atoms with van der Waals surface area (Å²) in [6.07, 6.45) is 3.56. The van der Waals surface area contributed by atoms with Gasteiger partial charge in [0.1, 0.15) is 0 Å². The van der Waals surface area contributed by atoms with E-state index in [1.54, 1.807) is 7.05 Å². The lowest BCUT2D eigenvalue weighted by molar-refractivity contribution is 0.247. The molecule has 0 aliphatic heterocycles. The molecule has 0 aromatic heterocycles. The monoisotopic (exact) mass is 322 g/mol. The van der Waals surface area contributed by atoms with Crippen molar-refractivity contribution in [1.29, 1.82) is 0 Å². The average molecular weight is 323 g/mol. The Balaban J connectivity index is 1.70. The molecule has 1 unspecified atom stereocenters. The van der Waals surface area contributed by atoms with Crippen molar-refractivity contribution < 1.29 is 0 Å². The van der Waals surface area contributed by atoms with Crippen molar-refractivity contribution in [3.8, 4) is 0 Å². The first-order valence-electron chi connectivity index (χ1n) is 8.01. The lowest BCUT2D eigenvalue weighted by Gasteiger charge is -2.25. The molecule has 5 heteroatoms. The number of rotatable bonds is 7. The maximum absolute atomic E-state index is 6.17. The summed E-state index contributed by atoms with van der Waals surface area (Å²) in [5.74, 6) is 0.850. The molecule has 0 spiro atoms. The van der Waals surface area contributed by atoms with Crippen LogP contribution < -0.4 is 10.6 Å². The van der Waals surface area contributed by atoms with E-state index in [9.17, 15) is 0 Å². The number of benzene rings is 1. The van der Waals surface area contributed by atoms with Crippen molar-refractivity contribution in [3.63, 3.8) is 0 Å². The molecular formula is C17H27ClN4. The summed E-state index contributed by atoms with van der Waals surface area (Å²) in [6.45, 7) is 3.97. The lowest BCUT2D eigenvalue weighted by atomic mass is 10.1. The van der Waals surface area contributed by atoms with Gasteiger partial charge in [-0.15, -0.1) is 0 Å².